The van der Waals surface area contributed by atoms with Crippen LogP contribution in [0.1, 0.15) is 87.2 Å². The zero-order valence-corrected chi connectivity index (χ0v) is 25.2. The fourth-order valence-corrected chi connectivity index (χ4v) is 4.80. The number of para-hydroxylation sites is 1. The van der Waals surface area contributed by atoms with Crippen LogP contribution in [-0.4, -0.2) is 86.0 Å². The van der Waals surface area contributed by atoms with Crippen LogP contribution in [0.5, 0.6) is 5.75 Å². The normalized spacial score (nSPS) is 19.3. The van der Waals surface area contributed by atoms with Crippen molar-refractivity contribution >= 4 is 23.7 Å². The van der Waals surface area contributed by atoms with Gasteiger partial charge in [0.2, 0.25) is 5.91 Å². The molecule has 14 heteroatoms. The summed E-state index contributed by atoms with van der Waals surface area (Å²) in [5.41, 5.74) is -0.655. The number of nitrogens with zero attached hydrogens (tertiary/aromatic N) is 2. The van der Waals surface area contributed by atoms with E-state index in [1.54, 1.807) is 12.1 Å². The lowest BCUT2D eigenvalue weighted by atomic mass is 10.1. The number of carbonyl (C=O) groups excluding carboxylic acids is 3. The molecule has 1 amide bonds. The fourth-order valence-electron chi connectivity index (χ4n) is 4.80. The number of benzene rings is 1. The van der Waals surface area contributed by atoms with Crippen LogP contribution in [0.25, 0.3) is 0 Å². The van der Waals surface area contributed by atoms with Gasteiger partial charge in [-0.2, -0.15) is 4.98 Å². The molecule has 0 spiro atoms. The highest BCUT2D eigenvalue weighted by molar-refractivity contribution is 5.92. The number of phenolic OH excluding ortho intramolecular Hbond substituents is 1. The minimum absolute atomic E-state index is 0.0122. The molecule has 0 radical (unpaired) electrons. The number of anilines is 1. The van der Waals surface area contributed by atoms with Gasteiger partial charge in [-0.25, -0.2) is 9.59 Å². The second kappa shape index (κ2) is 18.8. The van der Waals surface area contributed by atoms with E-state index in [1.165, 1.54) is 24.4 Å². The van der Waals surface area contributed by atoms with E-state index in [4.69, 9.17) is 14.2 Å². The van der Waals surface area contributed by atoms with Gasteiger partial charge in [0.05, 0.1) is 19.8 Å². The highest BCUT2D eigenvalue weighted by Gasteiger charge is 2.43. The average molecular weight is 634 g/mol. The first-order valence-electron chi connectivity index (χ1n) is 15.3. The number of esters is 2. The second-order valence-electron chi connectivity index (χ2n) is 10.8. The second-order valence-corrected chi connectivity index (χ2v) is 10.8. The zero-order chi connectivity index (χ0) is 32.6. The zero-order valence-electron chi connectivity index (χ0n) is 25.2. The molecule has 2 heterocycles. The van der Waals surface area contributed by atoms with Gasteiger partial charge in [-0.05, 0) is 37.5 Å². The van der Waals surface area contributed by atoms with E-state index in [0.29, 0.717) is 13.2 Å². The summed E-state index contributed by atoms with van der Waals surface area (Å²) in [6.07, 6.45) is 4.15. The van der Waals surface area contributed by atoms with Gasteiger partial charge in [-0.15, -0.1) is 0 Å². The predicted molar refractivity (Wildman–Crippen MR) is 160 cm³/mol. The molecular formula is C31H43N3O11. The number of amides is 1. The molecule has 4 atom stereocenters. The standard InChI is InChI=1S/C31H43N3O11/c35-20-23-27(39)28(40)29(45-23)34-17-16-24(33-31(34)42)32-25(37)14-11-15-26(38)43-18-9-5-3-1-2-4-6-10-19-44-30(41)21-12-7-8-13-22(21)36/h7-8,12-13,16-17,23,27-29,35-36,39-40H,1-6,9-11,14-15,18-20H2,(H,32,33,37,42)/t23-,27-,28+,29-/m1/s1. The minimum Gasteiger partial charge on any atom is -0.507 e. The Bertz CT molecular complexity index is 1300. The highest BCUT2D eigenvalue weighted by Crippen LogP contribution is 2.28. The van der Waals surface area contributed by atoms with Crippen LogP contribution in [0.2, 0.25) is 0 Å². The molecule has 248 valence electrons. The third-order valence-corrected chi connectivity index (χ3v) is 7.33. The maximum absolute atomic E-state index is 12.4. The minimum atomic E-state index is -1.44. The molecule has 1 aliphatic rings. The smallest absolute Gasteiger partial charge is 0.351 e. The maximum Gasteiger partial charge on any atom is 0.351 e. The van der Waals surface area contributed by atoms with Gasteiger partial charge < -0.3 is 40.0 Å². The Morgan fingerprint density at radius 3 is 2.13 bits per heavy atom. The third kappa shape index (κ3) is 11.5. The Balaban J connectivity index is 1.16. The Labute approximate surface area is 261 Å². The number of aliphatic hydroxyl groups excluding tert-OH is 3. The van der Waals surface area contributed by atoms with Gasteiger partial charge >= 0.3 is 17.6 Å². The number of phenols is 1. The molecular weight excluding hydrogens is 590 g/mol. The number of hydrogen-bond acceptors (Lipinski definition) is 12. The van der Waals surface area contributed by atoms with Crippen LogP contribution >= 0.6 is 0 Å². The SMILES string of the molecule is O=C(CCCC(=O)OCCCCCCCCCCOC(=O)c1ccccc1O)Nc1ccn([C@@H]2O[C@H](CO)[C@@H](O)[C@@H]2O)c(=O)n1. The monoisotopic (exact) mass is 633 g/mol. The molecule has 1 aromatic carbocycles. The van der Waals surface area contributed by atoms with Crippen molar-refractivity contribution in [1.29, 1.82) is 0 Å². The molecule has 0 bridgehead atoms. The Morgan fingerprint density at radius 1 is 0.867 bits per heavy atom. The number of ether oxygens (including phenoxy) is 3. The van der Waals surface area contributed by atoms with E-state index < -0.39 is 48.7 Å². The molecule has 14 nitrogen and oxygen atoms in total. The first kappa shape index (κ1) is 35.6. The third-order valence-electron chi connectivity index (χ3n) is 7.33. The fraction of sp³-hybridized carbons (Fsp3) is 0.581. The quantitative estimate of drug-likeness (QED) is 0.111. The lowest BCUT2D eigenvalue weighted by Gasteiger charge is -2.17. The summed E-state index contributed by atoms with van der Waals surface area (Å²) in [5, 5.41) is 41.3. The molecule has 1 aliphatic heterocycles. The van der Waals surface area contributed by atoms with Gasteiger partial charge in [-0.3, -0.25) is 14.2 Å². The van der Waals surface area contributed by atoms with E-state index in [1.807, 2.05) is 0 Å². The summed E-state index contributed by atoms with van der Waals surface area (Å²) >= 11 is 0. The number of hydrogen-bond donors (Lipinski definition) is 5. The van der Waals surface area contributed by atoms with Gasteiger partial charge in [0.25, 0.3) is 0 Å². The van der Waals surface area contributed by atoms with Crippen molar-refractivity contribution < 1.29 is 49.0 Å². The first-order chi connectivity index (χ1) is 21.7. The van der Waals surface area contributed by atoms with E-state index in [2.05, 4.69) is 10.3 Å². The van der Waals surface area contributed by atoms with Crippen LogP contribution in [-0.2, 0) is 23.8 Å². The molecule has 1 fully saturated rings. The summed E-state index contributed by atoms with van der Waals surface area (Å²) in [6.45, 7) is 0.108. The van der Waals surface area contributed by atoms with E-state index in [-0.39, 0.29) is 42.4 Å². The number of aromatic hydroxyl groups is 1. The van der Waals surface area contributed by atoms with Gasteiger partial charge in [0.15, 0.2) is 6.23 Å². The highest BCUT2D eigenvalue weighted by atomic mass is 16.6. The molecule has 3 rings (SSSR count). The summed E-state index contributed by atoms with van der Waals surface area (Å²) < 4.78 is 16.7. The van der Waals surface area contributed by atoms with Crippen LogP contribution in [0.15, 0.2) is 41.3 Å². The molecule has 5 N–H and O–H groups in total. The van der Waals surface area contributed by atoms with Crippen LogP contribution in [0, 0.1) is 0 Å². The first-order valence-corrected chi connectivity index (χ1v) is 15.3. The Morgan fingerprint density at radius 2 is 1.51 bits per heavy atom. The van der Waals surface area contributed by atoms with Crippen molar-refractivity contribution in [2.75, 3.05) is 25.1 Å². The number of unbranched alkanes of at least 4 members (excludes halogenated alkanes) is 7. The number of nitrogens with one attached hydrogen (secondary N) is 1. The van der Waals surface area contributed by atoms with Gasteiger partial charge in [0, 0.05) is 19.0 Å². The van der Waals surface area contributed by atoms with Crippen molar-refractivity contribution in [3.05, 3.63) is 52.6 Å². The molecule has 45 heavy (non-hydrogen) atoms. The molecule has 0 aliphatic carbocycles. The number of rotatable bonds is 19. The van der Waals surface area contributed by atoms with E-state index in [0.717, 1.165) is 55.9 Å². The molecule has 2 aromatic rings. The Hall–Kier alpha value is -3.85. The summed E-state index contributed by atoms with van der Waals surface area (Å²) in [6, 6.07) is 7.63. The predicted octanol–water partition coefficient (Wildman–Crippen LogP) is 2.19. The maximum atomic E-state index is 12.4. The van der Waals surface area contributed by atoms with Gasteiger partial charge in [-0.1, -0.05) is 50.7 Å². The number of aromatic nitrogens is 2. The number of carbonyl (C=O) groups is 3. The topological polar surface area (TPSA) is 207 Å². The van der Waals surface area contributed by atoms with Crippen LogP contribution < -0.4 is 11.0 Å². The van der Waals surface area contributed by atoms with Crippen LogP contribution in [0.4, 0.5) is 5.82 Å². The number of aliphatic hydroxyl groups is 3. The molecule has 0 saturated carbocycles. The largest absolute Gasteiger partial charge is 0.507 e. The molecule has 1 aromatic heterocycles. The average Bonchev–Trinajstić information content (AvgIpc) is 3.30. The van der Waals surface area contributed by atoms with Gasteiger partial charge in [0.1, 0.15) is 35.4 Å². The van der Waals surface area contributed by atoms with E-state index >= 15 is 0 Å². The van der Waals surface area contributed by atoms with E-state index in [9.17, 15) is 39.6 Å². The molecule has 1 saturated heterocycles. The lowest BCUT2D eigenvalue weighted by molar-refractivity contribution is -0.143. The van der Waals surface area contributed by atoms with Crippen molar-refractivity contribution in [3.63, 3.8) is 0 Å². The summed E-state index contributed by atoms with van der Waals surface area (Å²) in [7, 11) is 0. The Kier molecular flexibility index (Phi) is 14.9. The van der Waals surface area contributed by atoms with Crippen LogP contribution in [0.3, 0.4) is 0 Å². The van der Waals surface area contributed by atoms with Crippen molar-refractivity contribution in [2.24, 2.45) is 0 Å². The molecule has 0 unspecified atom stereocenters. The summed E-state index contributed by atoms with van der Waals surface area (Å²) in [4.78, 5) is 52.2. The lowest BCUT2D eigenvalue weighted by Crippen LogP contribution is -2.36. The van der Waals surface area contributed by atoms with Crippen molar-refractivity contribution in [1.82, 2.24) is 9.55 Å². The van der Waals surface area contributed by atoms with Crippen molar-refractivity contribution in [2.45, 2.75) is 95.2 Å². The van der Waals surface area contributed by atoms with Crippen molar-refractivity contribution in [3.8, 4) is 5.75 Å². The summed E-state index contributed by atoms with van der Waals surface area (Å²) in [5.74, 6) is -1.44.